The molecule has 0 saturated heterocycles. The van der Waals surface area contributed by atoms with Crippen LogP contribution in [0, 0.1) is 6.92 Å². The minimum Gasteiger partial charge on any atom is -0.361 e. The maximum absolute atomic E-state index is 11.9. The van der Waals surface area contributed by atoms with Gasteiger partial charge in [0.15, 0.2) is 0 Å². The van der Waals surface area contributed by atoms with Gasteiger partial charge in [0.05, 0.1) is 6.42 Å². The number of likely N-dealkylation sites (N-methyl/N-ethyl adjacent to an activating group) is 1. The fourth-order valence-electron chi connectivity index (χ4n) is 2.40. The van der Waals surface area contributed by atoms with Gasteiger partial charge in [0, 0.05) is 30.9 Å². The summed E-state index contributed by atoms with van der Waals surface area (Å²) in [5.41, 5.74) is 2.79. The Labute approximate surface area is 127 Å². The topological polar surface area (TPSA) is 65.2 Å². The monoisotopic (exact) mass is 293 g/mol. The predicted octanol–water partition coefficient (Wildman–Crippen LogP) is 1.46. The molecule has 21 heavy (non-hydrogen) atoms. The van der Waals surface area contributed by atoms with Crippen molar-refractivity contribution < 1.29 is 9.59 Å². The van der Waals surface area contributed by atoms with E-state index in [-0.39, 0.29) is 5.91 Å². The number of aryl methyl sites for hydroxylation is 1. The van der Waals surface area contributed by atoms with Gasteiger partial charge in [-0.2, -0.15) is 0 Å². The molecular formula is C16H27N3O2. The molecule has 0 radical (unpaired) electrons. The van der Waals surface area contributed by atoms with E-state index >= 15 is 0 Å². The first-order valence-electron chi connectivity index (χ1n) is 7.70. The summed E-state index contributed by atoms with van der Waals surface area (Å²) in [7, 11) is 0. The molecule has 0 aliphatic carbocycles. The van der Waals surface area contributed by atoms with E-state index in [1.54, 1.807) is 0 Å². The normalized spacial score (nSPS) is 10.9. The molecule has 1 aromatic rings. The van der Waals surface area contributed by atoms with Crippen LogP contribution >= 0.6 is 0 Å². The Morgan fingerprint density at radius 3 is 2.76 bits per heavy atom. The summed E-state index contributed by atoms with van der Waals surface area (Å²) >= 11 is 0. The Balaban J connectivity index is 2.36. The van der Waals surface area contributed by atoms with E-state index in [4.69, 9.17) is 0 Å². The SMILES string of the molecule is CCCN(CC)CCNC(=O)Cc1cc(C)c(CC=O)[nH]1. The van der Waals surface area contributed by atoms with Crippen molar-refractivity contribution in [2.75, 3.05) is 26.2 Å². The van der Waals surface area contributed by atoms with Gasteiger partial charge in [0.25, 0.3) is 0 Å². The summed E-state index contributed by atoms with van der Waals surface area (Å²) in [6, 6.07) is 1.94. The number of carbonyl (C=O) groups excluding carboxylic acids is 2. The Morgan fingerprint density at radius 1 is 1.38 bits per heavy atom. The van der Waals surface area contributed by atoms with Crippen LogP contribution in [0.5, 0.6) is 0 Å². The van der Waals surface area contributed by atoms with Gasteiger partial charge in [-0.3, -0.25) is 4.79 Å². The molecule has 0 fully saturated rings. The van der Waals surface area contributed by atoms with Gasteiger partial charge in [-0.15, -0.1) is 0 Å². The van der Waals surface area contributed by atoms with Crippen molar-refractivity contribution >= 4 is 12.2 Å². The summed E-state index contributed by atoms with van der Waals surface area (Å²) in [5, 5.41) is 2.94. The first kappa shape index (κ1) is 17.4. The van der Waals surface area contributed by atoms with E-state index in [1.165, 1.54) is 0 Å². The summed E-state index contributed by atoms with van der Waals surface area (Å²) in [6.07, 6.45) is 2.70. The van der Waals surface area contributed by atoms with Crippen molar-refractivity contribution in [3.63, 3.8) is 0 Å². The Morgan fingerprint density at radius 2 is 2.14 bits per heavy atom. The Kier molecular flexibility index (Phi) is 7.75. The van der Waals surface area contributed by atoms with Crippen molar-refractivity contribution in [3.05, 3.63) is 23.0 Å². The van der Waals surface area contributed by atoms with Gasteiger partial charge in [-0.1, -0.05) is 13.8 Å². The minimum atomic E-state index is 0.0152. The zero-order valence-electron chi connectivity index (χ0n) is 13.4. The molecule has 1 amide bonds. The Hall–Kier alpha value is -1.62. The lowest BCUT2D eigenvalue weighted by atomic mass is 10.2. The number of rotatable bonds is 10. The lowest BCUT2D eigenvalue weighted by Crippen LogP contribution is -2.35. The smallest absolute Gasteiger partial charge is 0.225 e. The van der Waals surface area contributed by atoms with Crippen LogP contribution in [0.4, 0.5) is 0 Å². The van der Waals surface area contributed by atoms with Gasteiger partial charge in [0.1, 0.15) is 6.29 Å². The van der Waals surface area contributed by atoms with Crippen molar-refractivity contribution in [2.24, 2.45) is 0 Å². The second kappa shape index (κ2) is 9.34. The number of amides is 1. The molecule has 0 spiro atoms. The summed E-state index contributed by atoms with van der Waals surface area (Å²) in [6.45, 7) is 9.87. The van der Waals surface area contributed by atoms with E-state index in [1.807, 2.05) is 13.0 Å². The first-order chi connectivity index (χ1) is 10.1. The molecule has 2 N–H and O–H groups in total. The number of hydrogen-bond acceptors (Lipinski definition) is 3. The van der Waals surface area contributed by atoms with E-state index in [0.717, 1.165) is 49.3 Å². The molecule has 0 atom stereocenters. The molecule has 0 aliphatic heterocycles. The lowest BCUT2D eigenvalue weighted by Gasteiger charge is -2.19. The van der Waals surface area contributed by atoms with Crippen LogP contribution in [0.1, 0.15) is 37.2 Å². The molecule has 0 bridgehead atoms. The highest BCUT2D eigenvalue weighted by Gasteiger charge is 2.09. The molecule has 5 heteroatoms. The standard InChI is InChI=1S/C16H27N3O2/c1-4-8-19(5-2)9-7-17-16(21)12-14-11-13(3)15(18-14)6-10-20/h10-11,18H,4-9,12H2,1-3H3,(H,17,21). The molecule has 0 aromatic carbocycles. The second-order valence-corrected chi connectivity index (χ2v) is 5.29. The van der Waals surface area contributed by atoms with E-state index in [2.05, 4.69) is 29.0 Å². The largest absolute Gasteiger partial charge is 0.361 e. The van der Waals surface area contributed by atoms with Gasteiger partial charge in [0.2, 0.25) is 5.91 Å². The molecule has 0 unspecified atom stereocenters. The molecular weight excluding hydrogens is 266 g/mol. The molecule has 5 nitrogen and oxygen atoms in total. The number of aromatic nitrogens is 1. The molecule has 1 rings (SSSR count). The van der Waals surface area contributed by atoms with E-state index in [0.29, 0.717) is 19.4 Å². The van der Waals surface area contributed by atoms with Gasteiger partial charge in [-0.05, 0) is 38.1 Å². The number of nitrogens with one attached hydrogen (secondary N) is 2. The van der Waals surface area contributed by atoms with Crippen molar-refractivity contribution in [1.29, 1.82) is 0 Å². The summed E-state index contributed by atoms with van der Waals surface area (Å²) < 4.78 is 0. The highest BCUT2D eigenvalue weighted by Crippen LogP contribution is 2.10. The number of hydrogen-bond donors (Lipinski definition) is 2. The summed E-state index contributed by atoms with van der Waals surface area (Å²) in [4.78, 5) is 27.9. The van der Waals surface area contributed by atoms with E-state index < -0.39 is 0 Å². The number of aldehydes is 1. The average Bonchev–Trinajstić information content (AvgIpc) is 2.78. The molecule has 0 aliphatic rings. The fourth-order valence-corrected chi connectivity index (χ4v) is 2.40. The molecule has 1 aromatic heterocycles. The van der Waals surface area contributed by atoms with Crippen LogP contribution in [0.15, 0.2) is 6.07 Å². The minimum absolute atomic E-state index is 0.0152. The number of H-pyrrole nitrogens is 1. The highest BCUT2D eigenvalue weighted by atomic mass is 16.1. The number of nitrogens with zero attached hydrogens (tertiary/aromatic N) is 1. The van der Waals surface area contributed by atoms with Crippen LogP contribution in [0.25, 0.3) is 0 Å². The number of aromatic amines is 1. The van der Waals surface area contributed by atoms with Gasteiger partial charge in [-0.25, -0.2) is 0 Å². The molecule has 0 saturated carbocycles. The third-order valence-electron chi connectivity index (χ3n) is 3.55. The van der Waals surface area contributed by atoms with Gasteiger partial charge < -0.3 is 20.0 Å². The maximum atomic E-state index is 11.9. The quantitative estimate of drug-likeness (QED) is 0.642. The summed E-state index contributed by atoms with van der Waals surface area (Å²) in [5.74, 6) is 0.0152. The Bertz CT molecular complexity index is 454. The molecule has 1 heterocycles. The lowest BCUT2D eigenvalue weighted by molar-refractivity contribution is -0.120. The van der Waals surface area contributed by atoms with Crippen LogP contribution in [-0.4, -0.2) is 48.3 Å². The van der Waals surface area contributed by atoms with E-state index in [9.17, 15) is 9.59 Å². The third kappa shape index (κ3) is 6.12. The average molecular weight is 293 g/mol. The third-order valence-corrected chi connectivity index (χ3v) is 3.55. The van der Waals surface area contributed by atoms with Crippen LogP contribution in [0.3, 0.4) is 0 Å². The van der Waals surface area contributed by atoms with Crippen LogP contribution in [0.2, 0.25) is 0 Å². The maximum Gasteiger partial charge on any atom is 0.225 e. The van der Waals surface area contributed by atoms with Crippen molar-refractivity contribution in [2.45, 2.75) is 40.0 Å². The predicted molar refractivity (Wildman–Crippen MR) is 84.4 cm³/mol. The molecule has 118 valence electrons. The second-order valence-electron chi connectivity index (χ2n) is 5.29. The van der Waals surface area contributed by atoms with Crippen molar-refractivity contribution in [1.82, 2.24) is 15.2 Å². The number of carbonyl (C=O) groups is 2. The highest BCUT2D eigenvalue weighted by molar-refractivity contribution is 5.78. The first-order valence-corrected chi connectivity index (χ1v) is 7.70. The zero-order chi connectivity index (χ0) is 15.7. The van der Waals surface area contributed by atoms with Crippen molar-refractivity contribution in [3.8, 4) is 0 Å². The van der Waals surface area contributed by atoms with Gasteiger partial charge >= 0.3 is 0 Å². The fraction of sp³-hybridized carbons (Fsp3) is 0.625. The van der Waals surface area contributed by atoms with Crippen LogP contribution in [-0.2, 0) is 22.4 Å². The zero-order valence-corrected chi connectivity index (χ0v) is 13.4. The van der Waals surface area contributed by atoms with Crippen LogP contribution < -0.4 is 5.32 Å².